The minimum atomic E-state index is -0.366. The summed E-state index contributed by atoms with van der Waals surface area (Å²) in [5.74, 6) is 0.140. The van der Waals surface area contributed by atoms with Gasteiger partial charge in [-0.25, -0.2) is 9.37 Å². The molecule has 5 nitrogen and oxygen atoms in total. The van der Waals surface area contributed by atoms with E-state index in [2.05, 4.69) is 10.3 Å². The van der Waals surface area contributed by atoms with Gasteiger partial charge in [0.1, 0.15) is 11.3 Å². The average molecular weight is 282 g/mol. The topological polar surface area (TPSA) is 67.5 Å². The van der Waals surface area contributed by atoms with Crippen molar-refractivity contribution in [3.05, 3.63) is 29.9 Å². The third-order valence-corrected chi connectivity index (χ3v) is 3.19. The Labute approximate surface area is 116 Å². The van der Waals surface area contributed by atoms with Crippen molar-refractivity contribution in [2.75, 3.05) is 20.3 Å². The molecular formula is C14H19FN2O3. The molecule has 2 N–H and O–H groups in total. The maximum atomic E-state index is 13.1. The van der Waals surface area contributed by atoms with Crippen molar-refractivity contribution in [3.8, 4) is 0 Å². The average Bonchev–Trinajstić information content (AvgIpc) is 2.79. The number of rotatable bonds is 7. The number of nitrogens with zero attached hydrogens (tertiary/aromatic N) is 1. The molecule has 0 saturated heterocycles. The van der Waals surface area contributed by atoms with Gasteiger partial charge in [0.25, 0.3) is 0 Å². The second kappa shape index (κ2) is 6.30. The quantitative estimate of drug-likeness (QED) is 0.811. The van der Waals surface area contributed by atoms with Gasteiger partial charge in [0.2, 0.25) is 5.89 Å². The lowest BCUT2D eigenvalue weighted by molar-refractivity contribution is 0.0954. The van der Waals surface area contributed by atoms with Crippen LogP contribution < -0.4 is 5.32 Å². The summed E-state index contributed by atoms with van der Waals surface area (Å²) in [4.78, 5) is 4.22. The third-order valence-electron chi connectivity index (χ3n) is 3.19. The Morgan fingerprint density at radius 2 is 2.30 bits per heavy atom. The molecule has 6 heteroatoms. The zero-order valence-electron chi connectivity index (χ0n) is 11.6. The van der Waals surface area contributed by atoms with Gasteiger partial charge < -0.3 is 19.6 Å². The van der Waals surface area contributed by atoms with Gasteiger partial charge in [-0.15, -0.1) is 0 Å². The zero-order valence-corrected chi connectivity index (χ0v) is 11.6. The smallest absolute Gasteiger partial charge is 0.209 e. The summed E-state index contributed by atoms with van der Waals surface area (Å²) in [7, 11) is 1.61. The molecule has 0 aliphatic rings. The summed E-state index contributed by atoms with van der Waals surface area (Å²) in [5.41, 5.74) is 0.686. The third kappa shape index (κ3) is 3.53. The second-order valence-corrected chi connectivity index (χ2v) is 5.04. The van der Waals surface area contributed by atoms with Crippen LogP contribution in [0.15, 0.2) is 22.6 Å². The van der Waals surface area contributed by atoms with Crippen LogP contribution in [0.4, 0.5) is 4.39 Å². The van der Waals surface area contributed by atoms with E-state index in [1.54, 1.807) is 13.2 Å². The van der Waals surface area contributed by atoms with Gasteiger partial charge in [-0.05, 0) is 25.5 Å². The van der Waals surface area contributed by atoms with Crippen LogP contribution in [0.5, 0.6) is 0 Å². The van der Waals surface area contributed by atoms with Crippen LogP contribution in [0.3, 0.4) is 0 Å². The Morgan fingerprint density at radius 1 is 1.50 bits per heavy atom. The Kier molecular flexibility index (Phi) is 4.69. The number of benzene rings is 1. The highest BCUT2D eigenvalue weighted by Gasteiger charge is 2.23. The van der Waals surface area contributed by atoms with Crippen LogP contribution in [0.25, 0.3) is 11.1 Å². The summed E-state index contributed by atoms with van der Waals surface area (Å²) in [5, 5.41) is 12.3. The summed E-state index contributed by atoms with van der Waals surface area (Å²) in [6.07, 6.45) is 0.551. The Morgan fingerprint density at radius 3 is 3.00 bits per heavy atom. The highest BCUT2D eigenvalue weighted by atomic mass is 19.1. The van der Waals surface area contributed by atoms with E-state index in [4.69, 9.17) is 14.3 Å². The van der Waals surface area contributed by atoms with E-state index in [9.17, 15) is 4.39 Å². The molecule has 0 amide bonds. The Balaban J connectivity index is 2.07. The van der Waals surface area contributed by atoms with Gasteiger partial charge in [-0.1, -0.05) is 0 Å². The molecule has 110 valence electrons. The molecule has 0 radical (unpaired) electrons. The number of fused-ring (bicyclic) bond motifs is 1. The SMILES string of the molecule is COCC(C)(CCO)NCc1nc2cc(F)ccc2o1. The largest absolute Gasteiger partial charge is 0.439 e. The Bertz CT molecular complexity index is 565. The molecule has 1 aromatic heterocycles. The maximum absolute atomic E-state index is 13.1. The number of oxazole rings is 1. The lowest BCUT2D eigenvalue weighted by Crippen LogP contribution is -2.46. The van der Waals surface area contributed by atoms with Gasteiger partial charge in [0, 0.05) is 25.3 Å². The van der Waals surface area contributed by atoms with Crippen LogP contribution in [0.1, 0.15) is 19.2 Å². The summed E-state index contributed by atoms with van der Waals surface area (Å²) < 4.78 is 23.8. The van der Waals surface area contributed by atoms with Gasteiger partial charge >= 0.3 is 0 Å². The summed E-state index contributed by atoms with van der Waals surface area (Å²) >= 11 is 0. The molecular weight excluding hydrogens is 263 g/mol. The predicted molar refractivity (Wildman–Crippen MR) is 72.8 cm³/mol. The van der Waals surface area contributed by atoms with Crippen molar-refractivity contribution >= 4 is 11.1 Å². The molecule has 1 unspecified atom stereocenters. The van der Waals surface area contributed by atoms with Crippen molar-refractivity contribution in [3.63, 3.8) is 0 Å². The van der Waals surface area contributed by atoms with Gasteiger partial charge in [0.05, 0.1) is 13.2 Å². The molecule has 1 aromatic carbocycles. The van der Waals surface area contributed by atoms with Crippen LogP contribution in [-0.2, 0) is 11.3 Å². The normalized spacial score (nSPS) is 14.6. The fraction of sp³-hybridized carbons (Fsp3) is 0.500. The number of hydrogen-bond donors (Lipinski definition) is 2. The molecule has 0 saturated carbocycles. The van der Waals surface area contributed by atoms with Gasteiger partial charge in [-0.3, -0.25) is 0 Å². The number of aliphatic hydroxyl groups is 1. The first-order valence-corrected chi connectivity index (χ1v) is 6.46. The van der Waals surface area contributed by atoms with Crippen LogP contribution in [0.2, 0.25) is 0 Å². The number of nitrogens with one attached hydrogen (secondary N) is 1. The molecule has 0 aliphatic heterocycles. The van der Waals surface area contributed by atoms with Crippen molar-refractivity contribution in [2.45, 2.75) is 25.4 Å². The molecule has 1 atom stereocenters. The molecule has 0 bridgehead atoms. The van der Waals surface area contributed by atoms with E-state index in [0.29, 0.717) is 36.6 Å². The number of methoxy groups -OCH3 is 1. The monoisotopic (exact) mass is 282 g/mol. The highest BCUT2D eigenvalue weighted by molar-refractivity contribution is 5.72. The molecule has 2 aromatic rings. The molecule has 20 heavy (non-hydrogen) atoms. The highest BCUT2D eigenvalue weighted by Crippen LogP contribution is 2.18. The van der Waals surface area contributed by atoms with Gasteiger partial charge in [-0.2, -0.15) is 0 Å². The Hall–Kier alpha value is -1.50. The predicted octanol–water partition coefficient (Wildman–Crippen LogP) is 1.84. The van der Waals surface area contributed by atoms with Crippen molar-refractivity contribution < 1.29 is 18.7 Å². The number of aromatic nitrogens is 1. The molecule has 2 rings (SSSR count). The van der Waals surface area contributed by atoms with E-state index < -0.39 is 0 Å². The van der Waals surface area contributed by atoms with E-state index >= 15 is 0 Å². The van der Waals surface area contributed by atoms with Crippen LogP contribution in [-0.4, -0.2) is 36.0 Å². The van der Waals surface area contributed by atoms with Gasteiger partial charge in [0.15, 0.2) is 5.58 Å². The van der Waals surface area contributed by atoms with Crippen LogP contribution in [0, 0.1) is 5.82 Å². The lowest BCUT2D eigenvalue weighted by atomic mass is 9.99. The zero-order chi connectivity index (χ0) is 14.6. The van der Waals surface area contributed by atoms with E-state index in [1.807, 2.05) is 6.92 Å². The van der Waals surface area contributed by atoms with Crippen molar-refractivity contribution in [1.29, 1.82) is 0 Å². The molecule has 1 heterocycles. The van der Waals surface area contributed by atoms with E-state index in [-0.39, 0.29) is 18.0 Å². The number of aliphatic hydroxyl groups excluding tert-OH is 1. The van der Waals surface area contributed by atoms with E-state index in [0.717, 1.165) is 0 Å². The molecule has 0 fully saturated rings. The second-order valence-electron chi connectivity index (χ2n) is 5.04. The fourth-order valence-corrected chi connectivity index (χ4v) is 2.09. The fourth-order valence-electron chi connectivity index (χ4n) is 2.09. The number of hydrogen-bond acceptors (Lipinski definition) is 5. The van der Waals surface area contributed by atoms with E-state index in [1.165, 1.54) is 12.1 Å². The number of halogens is 1. The summed E-state index contributed by atoms with van der Waals surface area (Å²) in [6.45, 7) is 2.86. The molecule has 0 aliphatic carbocycles. The van der Waals surface area contributed by atoms with Crippen LogP contribution >= 0.6 is 0 Å². The first-order valence-electron chi connectivity index (χ1n) is 6.46. The maximum Gasteiger partial charge on any atom is 0.209 e. The standard InChI is InChI=1S/C14H19FN2O3/c1-14(5-6-18,9-19-2)16-8-13-17-11-7-10(15)3-4-12(11)20-13/h3-4,7,16,18H,5-6,8-9H2,1-2H3. The number of ether oxygens (including phenoxy) is 1. The minimum absolute atomic E-state index is 0.0611. The first kappa shape index (κ1) is 14.9. The van der Waals surface area contributed by atoms with Crippen molar-refractivity contribution in [1.82, 2.24) is 10.3 Å². The lowest BCUT2D eigenvalue weighted by Gasteiger charge is -2.28. The molecule has 0 spiro atoms. The first-order chi connectivity index (χ1) is 9.56. The summed E-state index contributed by atoms with van der Waals surface area (Å²) in [6, 6.07) is 4.24. The minimum Gasteiger partial charge on any atom is -0.439 e. The van der Waals surface area contributed by atoms with Crippen molar-refractivity contribution in [2.24, 2.45) is 0 Å².